The maximum atomic E-state index is 14.2. The Hall–Kier alpha value is -14.9. The van der Waals surface area contributed by atoms with Crippen molar-refractivity contribution in [3.8, 4) is 33.4 Å². The highest BCUT2D eigenvalue weighted by Crippen LogP contribution is 2.49. The molecule has 3 unspecified atom stereocenters. The number of carbonyl (C=O) groups excluding carboxylic acids is 3. The molecule has 0 amide bonds. The highest BCUT2D eigenvalue weighted by molar-refractivity contribution is 6.19. The summed E-state index contributed by atoms with van der Waals surface area (Å²) in [5.41, 5.74) is 29.1. The number of hydrogen-bond donors (Lipinski definition) is 0. The maximum absolute atomic E-state index is 14.2. The molecule has 3 atom stereocenters. The van der Waals surface area contributed by atoms with Crippen LogP contribution in [0.2, 0.25) is 0 Å². The molecule has 540 valence electrons. The zero-order valence-electron chi connectivity index (χ0n) is 62.4. The van der Waals surface area contributed by atoms with E-state index in [2.05, 4.69) is 324 Å². The summed E-state index contributed by atoms with van der Waals surface area (Å²) in [4.78, 5) is 49.4. The van der Waals surface area contributed by atoms with Crippen LogP contribution in [0.4, 0.5) is 51.2 Å². The lowest BCUT2D eigenvalue weighted by atomic mass is 9.89. The van der Waals surface area contributed by atoms with Gasteiger partial charge in [0.25, 0.3) is 0 Å². The minimum atomic E-state index is -0.155. The molecule has 6 nitrogen and oxygen atoms in total. The predicted octanol–water partition coefficient (Wildman–Crippen LogP) is 27.3. The molecule has 0 bridgehead atoms. The largest absolute Gasteiger partial charge is 0.311 e. The fraction of sp³-hybridized carbons (Fsp3) is 0.0278. The molecule has 3 aliphatic carbocycles. The van der Waals surface area contributed by atoms with Crippen molar-refractivity contribution in [3.05, 3.63) is 502 Å². The summed E-state index contributed by atoms with van der Waals surface area (Å²) in [5, 5.41) is 0. The molecule has 114 heavy (non-hydrogen) atoms. The minimum absolute atomic E-state index is 0.0649. The van der Waals surface area contributed by atoms with Crippen LogP contribution >= 0.6 is 0 Å². The molecule has 0 fully saturated rings. The number of benzene rings is 16. The molecule has 19 rings (SSSR count). The molecular weight excluding hydrogens is 1390 g/mol. The Morgan fingerprint density at radius 1 is 0.184 bits per heavy atom. The second-order valence-electron chi connectivity index (χ2n) is 29.3. The molecule has 16 aromatic carbocycles. The highest BCUT2D eigenvalue weighted by atomic mass is 16.1. The van der Waals surface area contributed by atoms with Gasteiger partial charge in [-0.05, 0) is 229 Å². The lowest BCUT2D eigenvalue weighted by Crippen LogP contribution is -2.09. The number of Topliss-reactive ketones (excluding diaryl/α,β-unsaturated/α-hetero) is 3. The molecule has 0 aliphatic heterocycles. The zero-order chi connectivity index (χ0) is 76.4. The van der Waals surface area contributed by atoms with Gasteiger partial charge in [-0.2, -0.15) is 0 Å². The van der Waals surface area contributed by atoms with E-state index < -0.39 is 0 Å². The molecule has 0 radical (unpaired) electrons. The van der Waals surface area contributed by atoms with Gasteiger partial charge in [0.15, 0.2) is 17.3 Å². The van der Waals surface area contributed by atoms with Gasteiger partial charge in [-0.15, -0.1) is 0 Å². The fourth-order valence-corrected chi connectivity index (χ4v) is 17.0. The van der Waals surface area contributed by atoms with Crippen LogP contribution in [0.5, 0.6) is 0 Å². The summed E-state index contributed by atoms with van der Waals surface area (Å²) < 4.78 is 0. The Bertz CT molecular complexity index is 5710. The Morgan fingerprint density at radius 2 is 0.377 bits per heavy atom. The van der Waals surface area contributed by atoms with Crippen LogP contribution < -0.4 is 14.7 Å². The second-order valence-corrected chi connectivity index (χ2v) is 29.3. The van der Waals surface area contributed by atoms with E-state index in [1.54, 1.807) is 0 Å². The number of anilines is 9. The Labute approximate surface area is 664 Å². The fourth-order valence-electron chi connectivity index (χ4n) is 17.0. The first-order valence-corrected chi connectivity index (χ1v) is 38.8. The smallest absolute Gasteiger partial charge is 0.190 e. The van der Waals surface area contributed by atoms with Gasteiger partial charge in [-0.3, -0.25) is 14.4 Å². The van der Waals surface area contributed by atoms with E-state index in [1.165, 1.54) is 0 Å². The number of allylic oxidation sites excluding steroid dienone is 3. The first kappa shape index (κ1) is 69.6. The van der Waals surface area contributed by atoms with E-state index >= 15 is 0 Å². The average molecular weight is 1460 g/mol. The standard InChI is InChI=1S/C108H75N3O3/c112-106-97-40-22-19-37-94(97)103(79-25-7-1-8-26-79)100(106)67-73-43-55-88(56-44-73)109(85-31-13-4-14-32-85)91-61-49-76(50-62-91)82-70-83(77-51-63-92(64-52-77)110(86-33-15-5-16-34-86)89-57-45-74(46-58-89)68-101-104(80-27-9-2-10-28-80)95-38-20-23-41-98(95)107(101)113)72-84(71-82)78-53-65-93(66-54-78)111(87-35-17-6-18-36-87)90-59-47-75(48-60-90)69-102-105(81-29-11-3-12-30-81)96-39-21-24-42-99(96)108(102)114/h1-72,103-105H/b100-67-,101-68-,102-69+. The van der Waals surface area contributed by atoms with E-state index in [4.69, 9.17) is 0 Å². The maximum Gasteiger partial charge on any atom is 0.190 e. The Balaban J connectivity index is 0.666. The third-order valence-electron chi connectivity index (χ3n) is 22.4. The molecule has 6 heteroatoms. The summed E-state index contributed by atoms with van der Waals surface area (Å²) in [6.45, 7) is 0. The predicted molar refractivity (Wildman–Crippen MR) is 468 cm³/mol. The van der Waals surface area contributed by atoms with Crippen LogP contribution in [-0.4, -0.2) is 17.3 Å². The number of fused-ring (bicyclic) bond motifs is 3. The summed E-state index contributed by atoms with van der Waals surface area (Å²) in [6, 6.07) is 145. The highest BCUT2D eigenvalue weighted by Gasteiger charge is 2.38. The van der Waals surface area contributed by atoms with Gasteiger partial charge in [-0.1, -0.05) is 291 Å². The SMILES string of the molecule is O=C1/C(=C\c2ccc(N(c3ccccc3)c3ccc(-c4cc(-c5ccc(N(c6ccccc6)c6ccc(/C=C7\C(=O)c8ccccc8C7c7ccccc7)cc6)cc5)cc(-c5ccc(N(c6ccccc6)c6ccc(/C=C7/C(=O)c8ccccc8C7c7ccccc7)cc6)cc5)c4)cc3)cc2)C(c2ccccc2)c2ccccc21. The quantitative estimate of drug-likeness (QED) is 0.0798. The van der Waals surface area contributed by atoms with Crippen LogP contribution in [0, 0.1) is 0 Å². The lowest BCUT2D eigenvalue weighted by molar-refractivity contribution is 0.103. The van der Waals surface area contributed by atoms with Gasteiger partial charge in [0.05, 0.1) is 0 Å². The third-order valence-corrected chi connectivity index (χ3v) is 22.4. The molecule has 3 aliphatic rings. The van der Waals surface area contributed by atoms with E-state index in [9.17, 15) is 14.4 Å². The van der Waals surface area contributed by atoms with Crippen LogP contribution in [0.3, 0.4) is 0 Å². The number of rotatable bonds is 18. The number of ketones is 3. The molecule has 0 saturated carbocycles. The van der Waals surface area contributed by atoms with Crippen molar-refractivity contribution >= 4 is 86.8 Å². The van der Waals surface area contributed by atoms with Crippen molar-refractivity contribution in [2.75, 3.05) is 14.7 Å². The molecular formula is C108H75N3O3. The van der Waals surface area contributed by atoms with Gasteiger partial charge in [0, 0.05) is 102 Å². The number of nitrogens with zero attached hydrogens (tertiary/aromatic N) is 3. The second kappa shape index (κ2) is 30.5. The third kappa shape index (κ3) is 13.5. The summed E-state index contributed by atoms with van der Waals surface area (Å²) in [7, 11) is 0. The molecule has 16 aromatic rings. The molecule has 0 saturated heterocycles. The van der Waals surface area contributed by atoms with Crippen molar-refractivity contribution in [2.24, 2.45) is 0 Å². The van der Waals surface area contributed by atoms with Gasteiger partial charge < -0.3 is 14.7 Å². The topological polar surface area (TPSA) is 60.9 Å². The Morgan fingerprint density at radius 3 is 0.614 bits per heavy atom. The summed E-state index contributed by atoms with van der Waals surface area (Å²) in [5.74, 6) is -0.272. The molecule has 0 heterocycles. The van der Waals surface area contributed by atoms with Gasteiger partial charge in [0.2, 0.25) is 0 Å². The van der Waals surface area contributed by atoms with Crippen LogP contribution in [-0.2, 0) is 0 Å². The molecule has 0 aromatic heterocycles. The van der Waals surface area contributed by atoms with Crippen molar-refractivity contribution in [2.45, 2.75) is 17.8 Å². The first-order chi connectivity index (χ1) is 56.3. The lowest BCUT2D eigenvalue weighted by Gasteiger charge is -2.26. The van der Waals surface area contributed by atoms with Crippen LogP contribution in [0.1, 0.15) is 98.9 Å². The van der Waals surface area contributed by atoms with E-state index in [-0.39, 0.29) is 35.1 Å². The van der Waals surface area contributed by atoms with E-state index in [0.717, 1.165) is 168 Å². The monoisotopic (exact) mass is 1460 g/mol. The summed E-state index contributed by atoms with van der Waals surface area (Å²) in [6.07, 6.45) is 6.20. The van der Waals surface area contributed by atoms with Crippen molar-refractivity contribution in [3.63, 3.8) is 0 Å². The van der Waals surface area contributed by atoms with Gasteiger partial charge in [0.1, 0.15) is 0 Å². The number of hydrogen-bond acceptors (Lipinski definition) is 6. The van der Waals surface area contributed by atoms with E-state index in [1.807, 2.05) is 127 Å². The normalized spacial score (nSPS) is 15.7. The zero-order valence-corrected chi connectivity index (χ0v) is 62.4. The number of carbonyl (C=O) groups is 3. The van der Waals surface area contributed by atoms with Gasteiger partial charge >= 0.3 is 0 Å². The summed E-state index contributed by atoms with van der Waals surface area (Å²) >= 11 is 0. The first-order valence-electron chi connectivity index (χ1n) is 38.8. The van der Waals surface area contributed by atoms with E-state index in [0.29, 0.717) is 0 Å². The minimum Gasteiger partial charge on any atom is -0.311 e. The molecule has 0 spiro atoms. The van der Waals surface area contributed by atoms with Crippen molar-refractivity contribution in [1.29, 1.82) is 0 Å². The van der Waals surface area contributed by atoms with Gasteiger partial charge in [-0.25, -0.2) is 0 Å². The van der Waals surface area contributed by atoms with Crippen molar-refractivity contribution in [1.82, 2.24) is 0 Å². The molecule has 0 N–H and O–H groups in total. The number of para-hydroxylation sites is 3. The van der Waals surface area contributed by atoms with Crippen molar-refractivity contribution < 1.29 is 14.4 Å². The Kier molecular flexibility index (Phi) is 18.6. The van der Waals surface area contributed by atoms with Crippen LogP contribution in [0.25, 0.3) is 51.6 Å². The van der Waals surface area contributed by atoms with Crippen LogP contribution in [0.15, 0.2) is 435 Å². The average Bonchev–Trinajstić information content (AvgIpc) is 0.872.